The van der Waals surface area contributed by atoms with Crippen LogP contribution in [0.15, 0.2) is 83.4 Å². The van der Waals surface area contributed by atoms with Crippen LogP contribution in [0.3, 0.4) is 0 Å². The van der Waals surface area contributed by atoms with E-state index in [9.17, 15) is 9.90 Å². The number of aromatic nitrogens is 1. The number of rotatable bonds is 10. The predicted octanol–water partition coefficient (Wildman–Crippen LogP) is 6.48. The number of ether oxygens (including phenoxy) is 1. The molecule has 5 nitrogen and oxygen atoms in total. The molecule has 0 fully saturated rings. The van der Waals surface area contributed by atoms with Gasteiger partial charge in [0.05, 0.1) is 24.5 Å². The highest BCUT2D eigenvalue weighted by Crippen LogP contribution is 2.35. The summed E-state index contributed by atoms with van der Waals surface area (Å²) in [5, 5.41) is 15.1. The highest BCUT2D eigenvalue weighted by atomic mass is 16.5. The molecule has 35 heavy (non-hydrogen) atoms. The van der Waals surface area contributed by atoms with Crippen LogP contribution in [-0.2, 0) is 22.4 Å². The molecule has 1 heterocycles. The monoisotopic (exact) mass is 469 g/mol. The Morgan fingerprint density at radius 2 is 1.63 bits per heavy atom. The van der Waals surface area contributed by atoms with Crippen molar-refractivity contribution >= 4 is 5.97 Å². The molecular weight excluding hydrogens is 438 g/mol. The molecule has 1 aromatic heterocycles. The summed E-state index contributed by atoms with van der Waals surface area (Å²) in [6, 6.07) is 26.4. The topological polar surface area (TPSA) is 72.6 Å². The van der Waals surface area contributed by atoms with Gasteiger partial charge in [0.25, 0.3) is 0 Å². The number of aliphatic hydroxyl groups excluding tert-OH is 1. The molecule has 4 rings (SSSR count). The van der Waals surface area contributed by atoms with E-state index in [1.165, 1.54) is 12.7 Å². The summed E-state index contributed by atoms with van der Waals surface area (Å²) in [5.41, 5.74) is 6.83. The van der Waals surface area contributed by atoms with Crippen LogP contribution in [-0.4, -0.2) is 23.3 Å². The molecule has 1 unspecified atom stereocenters. The van der Waals surface area contributed by atoms with Crippen molar-refractivity contribution in [3.8, 4) is 22.5 Å². The Labute approximate surface area is 206 Å². The van der Waals surface area contributed by atoms with Gasteiger partial charge >= 0.3 is 5.97 Å². The second-order valence-corrected chi connectivity index (χ2v) is 8.72. The second kappa shape index (κ2) is 11.6. The zero-order valence-electron chi connectivity index (χ0n) is 20.2. The van der Waals surface area contributed by atoms with E-state index in [4.69, 9.17) is 9.26 Å². The number of aryl methyl sites for hydroxylation is 3. The maximum absolute atomic E-state index is 11.6. The molecule has 5 heteroatoms. The molecule has 0 bridgehead atoms. The van der Waals surface area contributed by atoms with Crippen LogP contribution in [0.4, 0.5) is 0 Å². The van der Waals surface area contributed by atoms with Crippen LogP contribution in [0.1, 0.15) is 47.8 Å². The Hall–Kier alpha value is -3.70. The van der Waals surface area contributed by atoms with E-state index in [1.54, 1.807) is 0 Å². The van der Waals surface area contributed by atoms with Crippen LogP contribution >= 0.6 is 0 Å². The van der Waals surface area contributed by atoms with Crippen molar-refractivity contribution in [2.24, 2.45) is 0 Å². The minimum atomic E-state index is -0.640. The predicted molar refractivity (Wildman–Crippen MR) is 137 cm³/mol. The van der Waals surface area contributed by atoms with Gasteiger partial charge in [0.2, 0.25) is 0 Å². The smallest absolute Gasteiger partial charge is 0.305 e. The lowest BCUT2D eigenvalue weighted by atomic mass is 9.94. The molecule has 0 saturated heterocycles. The van der Waals surface area contributed by atoms with E-state index in [2.05, 4.69) is 23.4 Å². The normalized spacial score (nSPS) is 11.9. The minimum absolute atomic E-state index is 0.217. The zero-order chi connectivity index (χ0) is 24.6. The zero-order valence-corrected chi connectivity index (χ0v) is 20.2. The highest BCUT2D eigenvalue weighted by molar-refractivity contribution is 5.73. The van der Waals surface area contributed by atoms with E-state index in [1.807, 2.05) is 67.6 Å². The van der Waals surface area contributed by atoms with Crippen molar-refractivity contribution in [2.75, 3.05) is 7.11 Å². The average Bonchev–Trinajstić information content (AvgIpc) is 3.29. The van der Waals surface area contributed by atoms with Gasteiger partial charge in [-0.2, -0.15) is 0 Å². The van der Waals surface area contributed by atoms with E-state index in [-0.39, 0.29) is 5.97 Å². The number of hydrogen-bond donors (Lipinski definition) is 1. The molecule has 3 aromatic carbocycles. The van der Waals surface area contributed by atoms with Gasteiger partial charge in [0, 0.05) is 12.0 Å². The van der Waals surface area contributed by atoms with Gasteiger partial charge in [0.15, 0.2) is 5.76 Å². The largest absolute Gasteiger partial charge is 0.469 e. The summed E-state index contributed by atoms with van der Waals surface area (Å²) in [7, 11) is 1.41. The first-order chi connectivity index (χ1) is 17.1. The molecular formula is C30H31NO4. The minimum Gasteiger partial charge on any atom is -0.469 e. The number of benzene rings is 3. The maximum Gasteiger partial charge on any atom is 0.305 e. The number of nitrogens with zero attached hydrogens (tertiary/aromatic N) is 1. The highest BCUT2D eigenvalue weighted by Gasteiger charge is 2.22. The Morgan fingerprint density at radius 1 is 0.943 bits per heavy atom. The molecule has 0 aliphatic rings. The van der Waals surface area contributed by atoms with Crippen LogP contribution in [0.2, 0.25) is 0 Å². The van der Waals surface area contributed by atoms with Crippen LogP contribution in [0, 0.1) is 6.92 Å². The first-order valence-electron chi connectivity index (χ1n) is 12.0. The number of carbonyl (C=O) groups excluding carboxylic acids is 1. The average molecular weight is 470 g/mol. The van der Waals surface area contributed by atoms with Gasteiger partial charge in [-0.15, -0.1) is 0 Å². The third-order valence-electron chi connectivity index (χ3n) is 6.33. The fraction of sp³-hybridized carbons (Fsp3) is 0.267. The molecule has 0 spiro atoms. The SMILES string of the molecule is COC(=O)CCc1ccccc1-c1ccc(-c2onc(C)c2C(O)CCCc2ccccc2)cc1. The standard InChI is InChI=1S/C30H31NO4/c1-21-29(27(32)14-8-11-22-9-4-3-5-10-22)30(35-31-21)25-17-15-24(16-18-25)26-13-7-6-12-23(26)19-20-28(33)34-2/h3-7,9-10,12-13,15-18,27,32H,8,11,14,19-20H2,1-2H3. The molecule has 1 N–H and O–H groups in total. The van der Waals surface area contributed by atoms with Crippen molar-refractivity contribution in [2.45, 2.75) is 45.1 Å². The van der Waals surface area contributed by atoms with Crippen LogP contribution < -0.4 is 0 Å². The first kappa shape index (κ1) is 24.4. The third-order valence-corrected chi connectivity index (χ3v) is 6.33. The molecule has 0 aliphatic heterocycles. The fourth-order valence-electron chi connectivity index (χ4n) is 4.43. The van der Waals surface area contributed by atoms with Gasteiger partial charge in [0.1, 0.15) is 0 Å². The van der Waals surface area contributed by atoms with Gasteiger partial charge in [-0.25, -0.2) is 0 Å². The van der Waals surface area contributed by atoms with E-state index in [0.29, 0.717) is 30.7 Å². The quantitative estimate of drug-likeness (QED) is 0.269. The third kappa shape index (κ3) is 6.06. The number of methoxy groups -OCH3 is 1. The Balaban J connectivity index is 1.49. The summed E-state index contributed by atoms with van der Waals surface area (Å²) < 4.78 is 10.4. The summed E-state index contributed by atoms with van der Waals surface area (Å²) in [5.74, 6) is 0.394. The number of aliphatic hydroxyl groups is 1. The summed E-state index contributed by atoms with van der Waals surface area (Å²) in [6.45, 7) is 1.87. The fourth-order valence-corrected chi connectivity index (χ4v) is 4.43. The van der Waals surface area contributed by atoms with Crippen LogP contribution in [0.5, 0.6) is 0 Å². The lowest BCUT2D eigenvalue weighted by molar-refractivity contribution is -0.140. The Morgan fingerprint density at radius 3 is 2.37 bits per heavy atom. The summed E-state index contributed by atoms with van der Waals surface area (Å²) in [4.78, 5) is 11.6. The number of carbonyl (C=O) groups is 1. The van der Waals surface area contributed by atoms with Crippen molar-refractivity contribution in [1.29, 1.82) is 0 Å². The Kier molecular flexibility index (Phi) is 8.11. The maximum atomic E-state index is 11.6. The number of esters is 1. The van der Waals surface area contributed by atoms with Crippen molar-refractivity contribution in [3.05, 3.63) is 101 Å². The first-order valence-corrected chi connectivity index (χ1v) is 12.0. The van der Waals surface area contributed by atoms with Crippen LogP contribution in [0.25, 0.3) is 22.5 Å². The van der Waals surface area contributed by atoms with Crippen molar-refractivity contribution < 1.29 is 19.2 Å². The summed E-state index contributed by atoms with van der Waals surface area (Å²) >= 11 is 0. The van der Waals surface area contributed by atoms with Crippen molar-refractivity contribution in [1.82, 2.24) is 5.16 Å². The molecule has 0 saturated carbocycles. The summed E-state index contributed by atoms with van der Waals surface area (Å²) in [6.07, 6.45) is 2.74. The number of hydrogen-bond acceptors (Lipinski definition) is 5. The molecule has 4 aromatic rings. The Bertz CT molecular complexity index is 1250. The van der Waals surface area contributed by atoms with E-state index < -0.39 is 6.10 Å². The molecule has 0 amide bonds. The van der Waals surface area contributed by atoms with Crippen molar-refractivity contribution in [3.63, 3.8) is 0 Å². The van der Waals surface area contributed by atoms with Gasteiger partial charge < -0.3 is 14.4 Å². The van der Waals surface area contributed by atoms with Gasteiger partial charge in [-0.1, -0.05) is 84.0 Å². The molecule has 0 radical (unpaired) electrons. The lowest BCUT2D eigenvalue weighted by Crippen LogP contribution is -2.02. The van der Waals surface area contributed by atoms with E-state index >= 15 is 0 Å². The lowest BCUT2D eigenvalue weighted by Gasteiger charge is -2.12. The van der Waals surface area contributed by atoms with Gasteiger partial charge in [-0.05, 0) is 54.9 Å². The molecule has 0 aliphatic carbocycles. The van der Waals surface area contributed by atoms with Gasteiger partial charge in [-0.3, -0.25) is 4.79 Å². The van der Waals surface area contributed by atoms with E-state index in [0.717, 1.165) is 40.7 Å². The molecule has 1 atom stereocenters. The molecule has 180 valence electrons. The second-order valence-electron chi connectivity index (χ2n) is 8.72.